The van der Waals surface area contributed by atoms with E-state index >= 15 is 0 Å². The van der Waals surface area contributed by atoms with Gasteiger partial charge in [0.25, 0.3) is 11.6 Å². The molecule has 1 fully saturated rings. The number of carboxylic acid groups (broad SMARTS) is 1. The second-order valence-electron chi connectivity index (χ2n) is 7.07. The fraction of sp³-hybridized carbons (Fsp3) is 0.0870. The third kappa shape index (κ3) is 4.55. The van der Waals surface area contributed by atoms with Crippen LogP contribution in [0.25, 0.3) is 17.4 Å². The van der Waals surface area contributed by atoms with Gasteiger partial charge in [0.15, 0.2) is 5.17 Å². The number of nitro groups is 1. The Hall–Kier alpha value is -4.38. The van der Waals surface area contributed by atoms with Gasteiger partial charge in [-0.05, 0) is 54.2 Å². The first-order chi connectivity index (χ1) is 16.3. The predicted octanol–water partition coefficient (Wildman–Crippen LogP) is 4.80. The van der Waals surface area contributed by atoms with E-state index in [0.29, 0.717) is 27.3 Å². The van der Waals surface area contributed by atoms with Crippen LogP contribution in [0.2, 0.25) is 0 Å². The van der Waals surface area contributed by atoms with Gasteiger partial charge in [-0.15, -0.1) is 0 Å². The van der Waals surface area contributed by atoms with Crippen LogP contribution in [-0.4, -0.2) is 46.1 Å². The highest BCUT2D eigenvalue weighted by Crippen LogP contribution is 2.37. The number of furan rings is 1. The molecule has 172 valence electrons. The van der Waals surface area contributed by atoms with E-state index in [9.17, 15) is 19.7 Å². The number of carboxylic acids is 1. The molecule has 3 aromatic rings. The van der Waals surface area contributed by atoms with Gasteiger partial charge >= 0.3 is 5.97 Å². The summed E-state index contributed by atoms with van der Waals surface area (Å²) in [5, 5.41) is 21.0. The van der Waals surface area contributed by atoms with Gasteiger partial charge in [-0.1, -0.05) is 6.07 Å². The molecule has 1 aliphatic heterocycles. The summed E-state index contributed by atoms with van der Waals surface area (Å²) in [5.41, 5.74) is 0.594. The molecule has 1 aromatic heterocycles. The number of carbonyl (C=O) groups is 2. The zero-order chi connectivity index (χ0) is 24.4. The quantitative estimate of drug-likeness (QED) is 0.303. The maximum Gasteiger partial charge on any atom is 0.335 e. The molecule has 2 aromatic carbocycles. The van der Waals surface area contributed by atoms with E-state index < -0.39 is 10.9 Å². The first-order valence-corrected chi connectivity index (χ1v) is 10.6. The Morgan fingerprint density at radius 2 is 2.03 bits per heavy atom. The van der Waals surface area contributed by atoms with Crippen LogP contribution >= 0.6 is 11.8 Å². The largest absolute Gasteiger partial charge is 0.497 e. The number of amides is 1. The summed E-state index contributed by atoms with van der Waals surface area (Å²) in [7, 11) is 2.98. The van der Waals surface area contributed by atoms with Gasteiger partial charge in [-0.25, -0.2) is 9.79 Å². The van der Waals surface area contributed by atoms with Crippen LogP contribution in [0.1, 0.15) is 16.1 Å². The number of carbonyl (C=O) groups excluding carboxylic acids is 1. The van der Waals surface area contributed by atoms with Crippen molar-refractivity contribution in [2.45, 2.75) is 0 Å². The van der Waals surface area contributed by atoms with Gasteiger partial charge in [0.1, 0.15) is 17.3 Å². The lowest BCUT2D eigenvalue weighted by molar-refractivity contribution is -0.384. The van der Waals surface area contributed by atoms with Crippen molar-refractivity contribution in [2.24, 2.45) is 4.99 Å². The molecule has 0 spiro atoms. The van der Waals surface area contributed by atoms with Crippen LogP contribution in [0.4, 0.5) is 11.4 Å². The van der Waals surface area contributed by atoms with Crippen molar-refractivity contribution in [1.82, 2.24) is 4.90 Å². The van der Waals surface area contributed by atoms with E-state index in [4.69, 9.17) is 14.3 Å². The molecular formula is C23H17N3O7S. The SMILES string of the molecule is COc1ccc(-c2ccc(/C=C3\SC(=Nc4cccc(C(=O)O)c4)N(C)C3=O)o2)c([N+](=O)[O-])c1. The van der Waals surface area contributed by atoms with Gasteiger partial charge in [-0.3, -0.25) is 19.8 Å². The van der Waals surface area contributed by atoms with E-state index in [2.05, 4.69) is 4.99 Å². The maximum absolute atomic E-state index is 12.7. The van der Waals surface area contributed by atoms with Crippen molar-refractivity contribution >= 4 is 46.3 Å². The summed E-state index contributed by atoms with van der Waals surface area (Å²) in [6.07, 6.45) is 1.53. The average molecular weight is 479 g/mol. The fourth-order valence-electron chi connectivity index (χ4n) is 3.17. The highest BCUT2D eigenvalue weighted by molar-refractivity contribution is 8.18. The lowest BCUT2D eigenvalue weighted by atomic mass is 10.1. The lowest BCUT2D eigenvalue weighted by Crippen LogP contribution is -2.23. The van der Waals surface area contributed by atoms with Crippen molar-refractivity contribution in [1.29, 1.82) is 0 Å². The molecule has 0 unspecified atom stereocenters. The Morgan fingerprint density at radius 3 is 2.74 bits per heavy atom. The zero-order valence-corrected chi connectivity index (χ0v) is 18.7. The minimum Gasteiger partial charge on any atom is -0.497 e. The highest BCUT2D eigenvalue weighted by Gasteiger charge is 2.31. The molecule has 1 aliphatic rings. The molecule has 0 atom stereocenters. The molecule has 34 heavy (non-hydrogen) atoms. The molecule has 10 nitrogen and oxygen atoms in total. The number of likely N-dealkylation sites (N-methyl/N-ethyl adjacent to an activating group) is 1. The zero-order valence-electron chi connectivity index (χ0n) is 17.9. The number of hydrogen-bond acceptors (Lipinski definition) is 8. The van der Waals surface area contributed by atoms with Crippen LogP contribution < -0.4 is 4.74 Å². The fourth-order valence-corrected chi connectivity index (χ4v) is 4.14. The number of ether oxygens (including phenoxy) is 1. The number of amidine groups is 1. The average Bonchev–Trinajstić information content (AvgIpc) is 3.39. The van der Waals surface area contributed by atoms with E-state index in [1.165, 1.54) is 42.4 Å². The molecule has 1 amide bonds. The van der Waals surface area contributed by atoms with Gasteiger partial charge in [0.2, 0.25) is 0 Å². The Balaban J connectivity index is 1.62. The number of benzene rings is 2. The maximum atomic E-state index is 12.7. The van der Waals surface area contributed by atoms with Crippen LogP contribution in [0, 0.1) is 10.1 Å². The van der Waals surface area contributed by atoms with Crippen molar-refractivity contribution < 1.29 is 28.8 Å². The number of nitrogens with zero attached hydrogens (tertiary/aromatic N) is 3. The first-order valence-electron chi connectivity index (χ1n) is 9.79. The van der Waals surface area contributed by atoms with Gasteiger partial charge in [-0.2, -0.15) is 0 Å². The van der Waals surface area contributed by atoms with Crippen LogP contribution in [0.3, 0.4) is 0 Å². The molecule has 1 N–H and O–H groups in total. The standard InChI is InChI=1S/C23H17N3O7S/c1-25-21(27)20(34-23(25)24-14-5-3-4-13(10-14)22(28)29)12-16-7-9-19(33-16)17-8-6-15(32-2)11-18(17)26(30)31/h3-12H,1-2H3,(H,28,29)/b20-12-,24-23?. The lowest BCUT2D eigenvalue weighted by Gasteiger charge is -2.07. The van der Waals surface area contributed by atoms with E-state index in [1.807, 2.05) is 0 Å². The number of aliphatic imine (C=N–C) groups is 1. The molecule has 0 aliphatic carbocycles. The van der Waals surface area contributed by atoms with Crippen LogP contribution in [0.5, 0.6) is 5.75 Å². The molecule has 11 heteroatoms. The van der Waals surface area contributed by atoms with Gasteiger partial charge < -0.3 is 14.3 Å². The normalized spacial score (nSPS) is 15.8. The third-order valence-electron chi connectivity index (χ3n) is 4.89. The Bertz CT molecular complexity index is 1380. The number of hydrogen-bond donors (Lipinski definition) is 1. The minimum atomic E-state index is -1.07. The second-order valence-corrected chi connectivity index (χ2v) is 8.08. The van der Waals surface area contributed by atoms with E-state index in [-0.39, 0.29) is 28.5 Å². The Labute approximate surface area is 197 Å². The number of aromatic carboxylic acids is 1. The molecule has 0 bridgehead atoms. The van der Waals surface area contributed by atoms with Gasteiger partial charge in [0.05, 0.1) is 39.8 Å². The monoisotopic (exact) mass is 479 g/mol. The van der Waals surface area contributed by atoms with E-state index in [1.54, 1.807) is 37.4 Å². The summed E-state index contributed by atoms with van der Waals surface area (Å²) in [4.78, 5) is 40.9. The molecular weight excluding hydrogens is 462 g/mol. The number of rotatable bonds is 6. The molecule has 0 radical (unpaired) electrons. The van der Waals surface area contributed by atoms with Crippen molar-refractivity contribution in [3.8, 4) is 17.1 Å². The van der Waals surface area contributed by atoms with Gasteiger partial charge in [0, 0.05) is 13.1 Å². The second kappa shape index (κ2) is 9.24. The molecule has 2 heterocycles. The Kier molecular flexibility index (Phi) is 6.19. The summed E-state index contributed by atoms with van der Waals surface area (Å²) in [5.74, 6) is -0.438. The Morgan fingerprint density at radius 1 is 1.24 bits per heavy atom. The highest BCUT2D eigenvalue weighted by atomic mass is 32.2. The minimum absolute atomic E-state index is 0.0883. The third-order valence-corrected chi connectivity index (χ3v) is 5.95. The summed E-state index contributed by atoms with van der Waals surface area (Å²) in [6.45, 7) is 0. The molecule has 1 saturated heterocycles. The van der Waals surface area contributed by atoms with E-state index in [0.717, 1.165) is 11.8 Å². The topological polar surface area (TPSA) is 135 Å². The van der Waals surface area contributed by atoms with Crippen LogP contribution in [0.15, 0.2) is 68.9 Å². The van der Waals surface area contributed by atoms with Crippen LogP contribution in [-0.2, 0) is 4.79 Å². The summed E-state index contributed by atoms with van der Waals surface area (Å²) in [6, 6.07) is 13.7. The van der Waals surface area contributed by atoms with Crippen molar-refractivity contribution in [3.05, 3.63) is 80.9 Å². The smallest absolute Gasteiger partial charge is 0.335 e. The summed E-state index contributed by atoms with van der Waals surface area (Å²) >= 11 is 1.10. The molecule has 0 saturated carbocycles. The number of nitro benzene ring substituents is 1. The number of methoxy groups -OCH3 is 1. The summed E-state index contributed by atoms with van der Waals surface area (Å²) < 4.78 is 10.8. The van der Waals surface area contributed by atoms with Crippen molar-refractivity contribution in [3.63, 3.8) is 0 Å². The van der Waals surface area contributed by atoms with Crippen molar-refractivity contribution in [2.75, 3.05) is 14.2 Å². The first kappa shape index (κ1) is 22.8. The molecule has 4 rings (SSSR count). The predicted molar refractivity (Wildman–Crippen MR) is 126 cm³/mol. The number of thioether (sulfide) groups is 1.